The Balaban J connectivity index is 0.000000249. The number of hydrogen-bond acceptors (Lipinski definition) is 3. The predicted molar refractivity (Wildman–Crippen MR) is 141 cm³/mol. The Hall–Kier alpha value is -2.07. The van der Waals surface area contributed by atoms with Gasteiger partial charge in [-0.15, -0.1) is 0 Å². The average molecular weight is 512 g/mol. The monoisotopic (exact) mass is 510 g/mol. The van der Waals surface area contributed by atoms with Gasteiger partial charge < -0.3 is 15.3 Å². The number of hydrogen-bond donors (Lipinski definition) is 3. The van der Waals surface area contributed by atoms with Gasteiger partial charge in [0.05, 0.1) is 0 Å². The lowest BCUT2D eigenvalue weighted by Gasteiger charge is -2.03. The highest BCUT2D eigenvalue weighted by atomic mass is 35.5. The second-order valence-electron chi connectivity index (χ2n) is 7.53. The third-order valence-corrected chi connectivity index (χ3v) is 5.53. The van der Waals surface area contributed by atoms with Crippen LogP contribution in [-0.2, 0) is 19.3 Å². The summed E-state index contributed by atoms with van der Waals surface area (Å²) >= 11 is 17.2. The third kappa shape index (κ3) is 11.1. The van der Waals surface area contributed by atoms with E-state index in [0.29, 0.717) is 32.3 Å². The maximum absolute atomic E-state index is 9.40. The summed E-state index contributed by atoms with van der Waals surface area (Å²) in [6.07, 6.45) is 5.84. The molecule has 0 atom stereocenters. The number of phenols is 3. The van der Waals surface area contributed by atoms with Crippen LogP contribution in [0.3, 0.4) is 0 Å². The van der Waals surface area contributed by atoms with Crippen molar-refractivity contribution in [2.24, 2.45) is 0 Å². The van der Waals surface area contributed by atoms with Crippen molar-refractivity contribution in [2.75, 3.05) is 0 Å². The van der Waals surface area contributed by atoms with Crippen molar-refractivity contribution in [3.05, 3.63) is 86.4 Å². The zero-order valence-electron chi connectivity index (χ0n) is 19.4. The lowest BCUT2D eigenvalue weighted by Crippen LogP contribution is -1.85. The normalized spacial score (nSPS) is 10.0. The summed E-state index contributed by atoms with van der Waals surface area (Å²) in [6, 6.07) is 15.4. The molecule has 0 aliphatic carbocycles. The van der Waals surface area contributed by atoms with E-state index < -0.39 is 0 Å². The Labute approximate surface area is 212 Å². The van der Waals surface area contributed by atoms with E-state index in [1.165, 1.54) is 0 Å². The molecule has 0 heterocycles. The minimum Gasteiger partial charge on any atom is -0.508 e. The SMILES string of the molecule is CCCCc1cc(Cl)ccc1O.CCCc1cc(Cl)ccc1O.CCc1cc(Cl)ccc1O. The quantitative estimate of drug-likeness (QED) is 0.309. The van der Waals surface area contributed by atoms with Crippen molar-refractivity contribution in [3.8, 4) is 17.2 Å². The summed E-state index contributed by atoms with van der Waals surface area (Å²) in [7, 11) is 0. The van der Waals surface area contributed by atoms with Gasteiger partial charge in [0.25, 0.3) is 0 Å². The summed E-state index contributed by atoms with van der Waals surface area (Å²) < 4.78 is 0. The van der Waals surface area contributed by atoms with Gasteiger partial charge in [0.1, 0.15) is 17.2 Å². The van der Waals surface area contributed by atoms with E-state index in [4.69, 9.17) is 34.8 Å². The highest BCUT2D eigenvalue weighted by Gasteiger charge is 2.01. The van der Waals surface area contributed by atoms with Crippen LogP contribution in [0.15, 0.2) is 54.6 Å². The van der Waals surface area contributed by atoms with Gasteiger partial charge in [-0.05, 0) is 97.0 Å². The van der Waals surface area contributed by atoms with Crippen molar-refractivity contribution >= 4 is 34.8 Å². The van der Waals surface area contributed by atoms with Gasteiger partial charge in [-0.1, -0.05) is 68.4 Å². The Kier molecular flexibility index (Phi) is 13.8. The zero-order valence-corrected chi connectivity index (χ0v) is 21.7. The predicted octanol–water partition coefficient (Wildman–Crippen LogP) is 8.99. The molecule has 3 aromatic carbocycles. The van der Waals surface area contributed by atoms with Gasteiger partial charge >= 0.3 is 0 Å². The molecule has 3 nitrogen and oxygen atoms in total. The molecule has 0 amide bonds. The smallest absolute Gasteiger partial charge is 0.118 e. The van der Waals surface area contributed by atoms with Crippen LogP contribution >= 0.6 is 34.8 Å². The molecule has 0 saturated heterocycles. The minimum absolute atomic E-state index is 0.326. The molecule has 0 spiro atoms. The molecule has 0 saturated carbocycles. The van der Waals surface area contributed by atoms with E-state index in [1.807, 2.05) is 13.0 Å². The zero-order chi connectivity index (χ0) is 24.8. The van der Waals surface area contributed by atoms with Crippen LogP contribution in [0.25, 0.3) is 0 Å². The van der Waals surface area contributed by atoms with Crippen LogP contribution in [0.4, 0.5) is 0 Å². The molecule has 0 fully saturated rings. The number of halogens is 3. The first kappa shape index (κ1) is 29.0. The Morgan fingerprint density at radius 2 is 0.939 bits per heavy atom. The first-order chi connectivity index (χ1) is 15.7. The molecular formula is C27H33Cl3O3. The molecule has 0 radical (unpaired) electrons. The van der Waals surface area contributed by atoms with Crippen molar-refractivity contribution in [2.45, 2.75) is 59.3 Å². The Morgan fingerprint density at radius 1 is 0.545 bits per heavy atom. The van der Waals surface area contributed by atoms with E-state index in [9.17, 15) is 15.3 Å². The Bertz CT molecular complexity index is 990. The highest BCUT2D eigenvalue weighted by Crippen LogP contribution is 2.24. The van der Waals surface area contributed by atoms with Gasteiger partial charge in [0.2, 0.25) is 0 Å². The standard InChI is InChI=1S/C10H13ClO.C9H11ClO.C8H9ClO/c1-2-3-4-8-7-9(11)5-6-10(8)12;1-2-3-7-6-8(10)4-5-9(7)11;1-2-6-5-7(9)3-4-8(6)10/h5-7,12H,2-4H2,1H3;4-6,11H,2-3H2,1H3;3-5,10H,2H2,1H3. The van der Waals surface area contributed by atoms with Crippen LogP contribution < -0.4 is 0 Å². The summed E-state index contributed by atoms with van der Waals surface area (Å²) in [5, 5.41) is 29.9. The topological polar surface area (TPSA) is 60.7 Å². The van der Waals surface area contributed by atoms with Crippen LogP contribution in [0.5, 0.6) is 17.2 Å². The number of unbranched alkanes of at least 4 members (excludes halogenated alkanes) is 1. The molecular weight excluding hydrogens is 479 g/mol. The molecule has 0 aliphatic heterocycles. The van der Waals surface area contributed by atoms with Crippen LogP contribution in [0.1, 0.15) is 56.7 Å². The second-order valence-corrected chi connectivity index (χ2v) is 8.84. The van der Waals surface area contributed by atoms with Crippen LogP contribution in [0.2, 0.25) is 15.1 Å². The van der Waals surface area contributed by atoms with Crippen molar-refractivity contribution in [3.63, 3.8) is 0 Å². The molecule has 0 bridgehead atoms. The van der Waals surface area contributed by atoms with E-state index >= 15 is 0 Å². The second kappa shape index (κ2) is 15.7. The van der Waals surface area contributed by atoms with Crippen molar-refractivity contribution in [1.82, 2.24) is 0 Å². The van der Waals surface area contributed by atoms with E-state index in [1.54, 1.807) is 48.5 Å². The molecule has 3 aromatic rings. The lowest BCUT2D eigenvalue weighted by atomic mass is 10.1. The number of aromatic hydroxyl groups is 3. The molecule has 0 unspecified atom stereocenters. The molecule has 180 valence electrons. The number of aryl methyl sites for hydroxylation is 3. The van der Waals surface area contributed by atoms with Crippen molar-refractivity contribution in [1.29, 1.82) is 0 Å². The van der Waals surface area contributed by atoms with Gasteiger partial charge in [-0.25, -0.2) is 0 Å². The van der Waals surface area contributed by atoms with Gasteiger partial charge in [-0.2, -0.15) is 0 Å². The summed E-state index contributed by atoms with van der Waals surface area (Å²) in [5.74, 6) is 1.02. The van der Waals surface area contributed by atoms with Crippen LogP contribution in [-0.4, -0.2) is 15.3 Å². The molecule has 6 heteroatoms. The maximum atomic E-state index is 9.40. The first-order valence-electron chi connectivity index (χ1n) is 11.1. The number of rotatable bonds is 6. The average Bonchev–Trinajstić information content (AvgIpc) is 2.79. The van der Waals surface area contributed by atoms with Gasteiger partial charge in [-0.3, -0.25) is 0 Å². The van der Waals surface area contributed by atoms with E-state index in [0.717, 1.165) is 55.2 Å². The third-order valence-electron chi connectivity index (χ3n) is 4.82. The van der Waals surface area contributed by atoms with Crippen molar-refractivity contribution < 1.29 is 15.3 Å². The van der Waals surface area contributed by atoms with Gasteiger partial charge in [0.15, 0.2) is 0 Å². The molecule has 0 aromatic heterocycles. The lowest BCUT2D eigenvalue weighted by molar-refractivity contribution is 0.466. The number of phenolic OH excluding ortho intramolecular Hbond substituents is 3. The molecule has 3 rings (SSSR count). The van der Waals surface area contributed by atoms with E-state index in [2.05, 4.69) is 13.8 Å². The molecule has 33 heavy (non-hydrogen) atoms. The van der Waals surface area contributed by atoms with Crippen LogP contribution in [0, 0.1) is 0 Å². The minimum atomic E-state index is 0.326. The maximum Gasteiger partial charge on any atom is 0.118 e. The largest absolute Gasteiger partial charge is 0.508 e. The Morgan fingerprint density at radius 3 is 1.30 bits per heavy atom. The fraction of sp³-hybridized carbons (Fsp3) is 0.333. The molecule has 0 aliphatic rings. The summed E-state index contributed by atoms with van der Waals surface area (Å²) in [6.45, 7) is 6.17. The fourth-order valence-corrected chi connectivity index (χ4v) is 3.57. The summed E-state index contributed by atoms with van der Waals surface area (Å²) in [5.41, 5.74) is 2.77. The van der Waals surface area contributed by atoms with Gasteiger partial charge in [0, 0.05) is 15.1 Å². The summed E-state index contributed by atoms with van der Waals surface area (Å²) in [4.78, 5) is 0. The fourth-order valence-electron chi connectivity index (χ4n) is 2.98. The number of benzene rings is 3. The molecule has 3 N–H and O–H groups in total. The van der Waals surface area contributed by atoms with E-state index in [-0.39, 0.29) is 0 Å². The highest BCUT2D eigenvalue weighted by molar-refractivity contribution is 6.31. The first-order valence-corrected chi connectivity index (χ1v) is 12.3.